The first kappa shape index (κ1) is 9.19. The predicted octanol–water partition coefficient (Wildman–Crippen LogP) is 2.18. The van der Waals surface area contributed by atoms with Crippen LogP contribution in [0.15, 0.2) is 23.6 Å². The summed E-state index contributed by atoms with van der Waals surface area (Å²) in [5.74, 6) is 0. The van der Waals surface area contributed by atoms with Crippen LogP contribution < -0.4 is 0 Å². The molecule has 0 fully saturated rings. The highest BCUT2D eigenvalue weighted by atomic mass is 32.2. The Morgan fingerprint density at radius 3 is 3.25 bits per heavy atom. The fraction of sp³-hybridized carbons (Fsp3) is 0.375. The third-order valence-corrected chi connectivity index (χ3v) is 2.09. The highest BCUT2D eigenvalue weighted by Crippen LogP contribution is 2.15. The van der Waals surface area contributed by atoms with Gasteiger partial charge in [-0.2, -0.15) is 0 Å². The average Bonchev–Trinajstić information content (AvgIpc) is 2.32. The van der Waals surface area contributed by atoms with Crippen molar-refractivity contribution in [3.8, 4) is 0 Å². The van der Waals surface area contributed by atoms with Crippen molar-refractivity contribution >= 4 is 18.0 Å². The summed E-state index contributed by atoms with van der Waals surface area (Å²) >= 11 is 1.35. The SMILES string of the molecule is CCOC(=O)N1CC=CC=CS1. The quantitative estimate of drug-likeness (QED) is 0.586. The second-order valence-corrected chi connectivity index (χ2v) is 3.05. The zero-order valence-corrected chi connectivity index (χ0v) is 7.71. The minimum absolute atomic E-state index is 0.279. The molecule has 1 aliphatic rings. The fourth-order valence-electron chi connectivity index (χ4n) is 0.745. The fourth-order valence-corrected chi connectivity index (χ4v) is 1.36. The molecule has 3 nitrogen and oxygen atoms in total. The largest absolute Gasteiger partial charge is 0.449 e. The van der Waals surface area contributed by atoms with Gasteiger partial charge < -0.3 is 4.74 Å². The maximum Gasteiger partial charge on any atom is 0.420 e. The normalized spacial score (nSPS) is 15.9. The molecule has 66 valence electrons. The number of carbonyl (C=O) groups is 1. The van der Waals surface area contributed by atoms with Crippen molar-refractivity contribution < 1.29 is 9.53 Å². The van der Waals surface area contributed by atoms with Crippen LogP contribution in [0, 0.1) is 0 Å². The Balaban J connectivity index is 2.45. The first-order valence-corrected chi connectivity index (χ1v) is 4.61. The molecular weight excluding hydrogens is 174 g/mol. The van der Waals surface area contributed by atoms with Gasteiger partial charge in [-0.25, -0.2) is 9.10 Å². The molecule has 0 N–H and O–H groups in total. The summed E-state index contributed by atoms with van der Waals surface area (Å²) in [6, 6.07) is 0. The number of hydrogen-bond donors (Lipinski definition) is 0. The molecule has 0 aliphatic carbocycles. The summed E-state index contributed by atoms with van der Waals surface area (Å²) < 4.78 is 6.39. The van der Waals surface area contributed by atoms with Gasteiger partial charge in [0, 0.05) is 0 Å². The van der Waals surface area contributed by atoms with E-state index in [0.29, 0.717) is 13.2 Å². The zero-order chi connectivity index (χ0) is 8.81. The molecular formula is C8H11NO2S. The number of amides is 1. The first-order chi connectivity index (χ1) is 5.84. The van der Waals surface area contributed by atoms with Crippen LogP contribution in [0.3, 0.4) is 0 Å². The molecule has 0 spiro atoms. The Hall–Kier alpha value is -0.900. The molecule has 1 rings (SSSR count). The molecule has 0 unspecified atom stereocenters. The van der Waals surface area contributed by atoms with E-state index >= 15 is 0 Å². The standard InChI is InChI=1S/C8H11NO2S/c1-2-11-8(10)9-6-4-3-5-7-12-9/h3-5,7H,2,6H2,1H3. The van der Waals surface area contributed by atoms with Gasteiger partial charge in [0.05, 0.1) is 13.2 Å². The van der Waals surface area contributed by atoms with E-state index in [1.165, 1.54) is 11.9 Å². The number of carbonyl (C=O) groups excluding carboxylic acids is 1. The first-order valence-electron chi connectivity index (χ1n) is 3.77. The Morgan fingerprint density at radius 2 is 2.50 bits per heavy atom. The van der Waals surface area contributed by atoms with Crippen molar-refractivity contribution in [2.75, 3.05) is 13.2 Å². The lowest BCUT2D eigenvalue weighted by Crippen LogP contribution is -2.24. The van der Waals surface area contributed by atoms with Gasteiger partial charge in [0.15, 0.2) is 0 Å². The monoisotopic (exact) mass is 185 g/mol. The van der Waals surface area contributed by atoms with Crippen LogP contribution in [0.2, 0.25) is 0 Å². The third kappa shape index (κ3) is 2.62. The van der Waals surface area contributed by atoms with Crippen LogP contribution in [0.4, 0.5) is 4.79 Å². The van der Waals surface area contributed by atoms with Crippen molar-refractivity contribution in [1.82, 2.24) is 4.31 Å². The molecule has 1 aliphatic heterocycles. The van der Waals surface area contributed by atoms with E-state index in [0.717, 1.165) is 0 Å². The van der Waals surface area contributed by atoms with Crippen molar-refractivity contribution in [3.05, 3.63) is 23.6 Å². The van der Waals surface area contributed by atoms with Crippen LogP contribution in [0.25, 0.3) is 0 Å². The lowest BCUT2D eigenvalue weighted by atomic mass is 10.5. The van der Waals surface area contributed by atoms with Gasteiger partial charge in [-0.05, 0) is 24.3 Å². The molecule has 0 aromatic heterocycles. The van der Waals surface area contributed by atoms with Crippen LogP contribution >= 0.6 is 11.9 Å². The molecule has 0 saturated carbocycles. The summed E-state index contributed by atoms with van der Waals surface area (Å²) in [4.78, 5) is 11.2. The number of ether oxygens (including phenoxy) is 1. The highest BCUT2D eigenvalue weighted by molar-refractivity contribution is 8.00. The third-order valence-electron chi connectivity index (χ3n) is 1.26. The van der Waals surface area contributed by atoms with E-state index in [1.807, 2.05) is 23.6 Å². The highest BCUT2D eigenvalue weighted by Gasteiger charge is 2.12. The molecule has 4 heteroatoms. The lowest BCUT2D eigenvalue weighted by molar-refractivity contribution is 0.136. The van der Waals surface area contributed by atoms with Crippen molar-refractivity contribution in [2.24, 2.45) is 0 Å². The van der Waals surface area contributed by atoms with E-state index in [2.05, 4.69) is 0 Å². The molecule has 0 bridgehead atoms. The van der Waals surface area contributed by atoms with E-state index in [1.54, 1.807) is 11.2 Å². The van der Waals surface area contributed by atoms with Crippen LogP contribution in [0.5, 0.6) is 0 Å². The molecule has 0 saturated heterocycles. The second kappa shape index (κ2) is 4.87. The summed E-state index contributed by atoms with van der Waals surface area (Å²) in [6.07, 6.45) is 5.43. The van der Waals surface area contributed by atoms with Crippen molar-refractivity contribution in [1.29, 1.82) is 0 Å². The molecule has 0 atom stereocenters. The smallest absolute Gasteiger partial charge is 0.420 e. The maximum atomic E-state index is 11.2. The van der Waals surface area contributed by atoms with Gasteiger partial charge >= 0.3 is 6.09 Å². The Labute approximate surface area is 76.2 Å². The van der Waals surface area contributed by atoms with Crippen LogP contribution in [0.1, 0.15) is 6.92 Å². The van der Waals surface area contributed by atoms with Gasteiger partial charge in [-0.1, -0.05) is 18.2 Å². The Kier molecular flexibility index (Phi) is 3.73. The van der Waals surface area contributed by atoms with Crippen LogP contribution in [-0.2, 0) is 4.74 Å². The minimum Gasteiger partial charge on any atom is -0.449 e. The number of rotatable bonds is 1. The Morgan fingerprint density at radius 1 is 1.67 bits per heavy atom. The number of nitrogens with zero attached hydrogens (tertiary/aromatic N) is 1. The topological polar surface area (TPSA) is 29.5 Å². The van der Waals surface area contributed by atoms with E-state index in [9.17, 15) is 4.79 Å². The van der Waals surface area contributed by atoms with E-state index in [-0.39, 0.29) is 6.09 Å². The van der Waals surface area contributed by atoms with Gasteiger partial charge in [0.1, 0.15) is 0 Å². The summed E-state index contributed by atoms with van der Waals surface area (Å²) in [6.45, 7) is 2.81. The van der Waals surface area contributed by atoms with Gasteiger partial charge in [0.2, 0.25) is 0 Å². The number of hydrogen-bond acceptors (Lipinski definition) is 3. The molecule has 0 aromatic rings. The minimum atomic E-state index is -0.279. The zero-order valence-electron chi connectivity index (χ0n) is 6.90. The maximum absolute atomic E-state index is 11.2. The number of allylic oxidation sites excluding steroid dienone is 2. The Bertz CT molecular complexity index is 199. The average molecular weight is 185 g/mol. The predicted molar refractivity (Wildman–Crippen MR) is 49.6 cm³/mol. The van der Waals surface area contributed by atoms with E-state index in [4.69, 9.17) is 4.74 Å². The summed E-state index contributed by atoms with van der Waals surface area (Å²) in [5.41, 5.74) is 0. The lowest BCUT2D eigenvalue weighted by Gasteiger charge is -2.15. The van der Waals surface area contributed by atoms with Crippen molar-refractivity contribution in [2.45, 2.75) is 6.92 Å². The molecule has 1 heterocycles. The second-order valence-electron chi connectivity index (χ2n) is 2.12. The van der Waals surface area contributed by atoms with E-state index < -0.39 is 0 Å². The molecule has 1 amide bonds. The summed E-state index contributed by atoms with van der Waals surface area (Å²) in [7, 11) is 0. The summed E-state index contributed by atoms with van der Waals surface area (Å²) in [5, 5.41) is 1.85. The van der Waals surface area contributed by atoms with Gasteiger partial charge in [0.25, 0.3) is 0 Å². The van der Waals surface area contributed by atoms with Crippen LogP contribution in [-0.4, -0.2) is 23.6 Å². The molecule has 0 aromatic carbocycles. The van der Waals surface area contributed by atoms with Gasteiger partial charge in [-0.3, -0.25) is 0 Å². The molecule has 12 heavy (non-hydrogen) atoms. The van der Waals surface area contributed by atoms with Crippen molar-refractivity contribution in [3.63, 3.8) is 0 Å². The van der Waals surface area contributed by atoms with Gasteiger partial charge in [-0.15, -0.1) is 0 Å². The molecule has 0 radical (unpaired) electrons.